The summed E-state index contributed by atoms with van der Waals surface area (Å²) in [5.74, 6) is 1.05. The van der Waals surface area contributed by atoms with Gasteiger partial charge in [-0.2, -0.15) is 0 Å². The normalized spacial score (nSPS) is 14.7. The average Bonchev–Trinajstić information content (AvgIpc) is 2.11. The smallest absolute Gasteiger partial charge is 0.146 e. The van der Waals surface area contributed by atoms with Crippen LogP contribution in [0.25, 0.3) is 0 Å². The molecule has 0 aliphatic carbocycles. The summed E-state index contributed by atoms with van der Waals surface area (Å²) in [6.07, 6.45) is 1.71. The van der Waals surface area contributed by atoms with Crippen molar-refractivity contribution >= 4 is 27.6 Å². The van der Waals surface area contributed by atoms with Crippen LogP contribution in [0.4, 0.5) is 11.6 Å². The summed E-state index contributed by atoms with van der Waals surface area (Å²) in [5, 5.41) is 12.4. The fraction of sp³-hybridized carbons (Fsp3) is 0.556. The number of hydrogen-bond acceptors (Lipinski definition) is 5. The maximum atomic E-state index is 9.22. The van der Waals surface area contributed by atoms with Crippen molar-refractivity contribution in [3.05, 3.63) is 10.8 Å². The van der Waals surface area contributed by atoms with Gasteiger partial charge in [0.05, 0.1) is 6.10 Å². The molecule has 0 fully saturated rings. The Labute approximate surface area is 97.2 Å². The molecule has 6 heteroatoms. The first-order chi connectivity index (χ1) is 7.00. The number of aromatic nitrogens is 2. The number of nitrogen functional groups attached to an aromatic ring is 1. The fourth-order valence-electron chi connectivity index (χ4n) is 1.29. The van der Waals surface area contributed by atoms with Crippen LogP contribution in [0.15, 0.2) is 10.8 Å². The highest BCUT2D eigenvalue weighted by Gasteiger charge is 2.10. The Kier molecular flexibility index (Phi) is 4.28. The van der Waals surface area contributed by atoms with Gasteiger partial charge in [-0.1, -0.05) is 0 Å². The molecule has 0 bridgehead atoms. The Balaban J connectivity index is 2.68. The maximum Gasteiger partial charge on any atom is 0.146 e. The van der Waals surface area contributed by atoms with Gasteiger partial charge in [-0.05, 0) is 36.2 Å². The molecule has 0 aromatic carbocycles. The molecule has 4 N–H and O–H groups in total. The molecule has 0 saturated heterocycles. The molecule has 84 valence electrons. The number of halogens is 1. The lowest BCUT2D eigenvalue weighted by Gasteiger charge is -2.16. The number of nitrogens with zero attached hydrogens (tertiary/aromatic N) is 2. The molecule has 0 spiro atoms. The van der Waals surface area contributed by atoms with E-state index in [-0.39, 0.29) is 12.1 Å². The third-order valence-corrected chi connectivity index (χ3v) is 2.68. The molecule has 1 aromatic rings. The van der Waals surface area contributed by atoms with Crippen molar-refractivity contribution in [1.29, 1.82) is 0 Å². The second kappa shape index (κ2) is 5.27. The van der Waals surface area contributed by atoms with Crippen LogP contribution in [0.3, 0.4) is 0 Å². The van der Waals surface area contributed by atoms with Crippen molar-refractivity contribution in [2.45, 2.75) is 32.4 Å². The third-order valence-electron chi connectivity index (χ3n) is 1.89. The van der Waals surface area contributed by atoms with E-state index in [1.165, 1.54) is 6.33 Å². The first kappa shape index (κ1) is 12.2. The highest BCUT2D eigenvalue weighted by Crippen LogP contribution is 2.24. The van der Waals surface area contributed by atoms with Gasteiger partial charge in [0.25, 0.3) is 0 Å². The van der Waals surface area contributed by atoms with Crippen molar-refractivity contribution in [2.24, 2.45) is 0 Å². The number of nitrogens with two attached hydrogens (primary N) is 1. The Morgan fingerprint density at radius 3 is 2.80 bits per heavy atom. The molecule has 15 heavy (non-hydrogen) atoms. The van der Waals surface area contributed by atoms with E-state index in [1.54, 1.807) is 6.92 Å². The van der Waals surface area contributed by atoms with E-state index in [9.17, 15) is 5.11 Å². The molecular formula is C9H15BrN4O. The van der Waals surface area contributed by atoms with Gasteiger partial charge in [-0.3, -0.25) is 0 Å². The van der Waals surface area contributed by atoms with Crippen molar-refractivity contribution in [3.8, 4) is 0 Å². The molecule has 2 atom stereocenters. The zero-order chi connectivity index (χ0) is 11.4. The highest BCUT2D eigenvalue weighted by atomic mass is 79.9. The first-order valence-corrected chi connectivity index (χ1v) is 5.50. The second-order valence-corrected chi connectivity index (χ2v) is 4.34. The molecular weight excluding hydrogens is 260 g/mol. The summed E-state index contributed by atoms with van der Waals surface area (Å²) >= 11 is 3.30. The minimum absolute atomic E-state index is 0.121. The Bertz CT molecular complexity index is 332. The number of anilines is 2. The molecule has 0 aliphatic heterocycles. The van der Waals surface area contributed by atoms with Crippen LogP contribution >= 0.6 is 15.9 Å². The molecule has 0 radical (unpaired) electrons. The largest absolute Gasteiger partial charge is 0.393 e. The lowest BCUT2D eigenvalue weighted by Crippen LogP contribution is -2.21. The topological polar surface area (TPSA) is 84.1 Å². The van der Waals surface area contributed by atoms with Crippen molar-refractivity contribution in [1.82, 2.24) is 9.97 Å². The van der Waals surface area contributed by atoms with Gasteiger partial charge in [0.1, 0.15) is 22.4 Å². The number of nitrogens with one attached hydrogen (secondary N) is 1. The average molecular weight is 275 g/mol. The maximum absolute atomic E-state index is 9.22. The van der Waals surface area contributed by atoms with Crippen molar-refractivity contribution in [3.63, 3.8) is 0 Å². The molecule has 2 unspecified atom stereocenters. The zero-order valence-electron chi connectivity index (χ0n) is 8.74. The van der Waals surface area contributed by atoms with E-state index in [0.717, 1.165) is 0 Å². The second-order valence-electron chi connectivity index (χ2n) is 3.55. The predicted molar refractivity (Wildman–Crippen MR) is 63.5 cm³/mol. The summed E-state index contributed by atoms with van der Waals surface area (Å²) in [5.41, 5.74) is 5.61. The third kappa shape index (κ3) is 3.64. The van der Waals surface area contributed by atoms with Gasteiger partial charge in [0, 0.05) is 6.04 Å². The van der Waals surface area contributed by atoms with Gasteiger partial charge in [-0.25, -0.2) is 9.97 Å². The van der Waals surface area contributed by atoms with Gasteiger partial charge in [0.2, 0.25) is 0 Å². The Hall–Kier alpha value is -0.880. The Morgan fingerprint density at radius 2 is 2.20 bits per heavy atom. The first-order valence-electron chi connectivity index (χ1n) is 4.71. The summed E-state index contributed by atoms with van der Waals surface area (Å²) in [6.45, 7) is 3.72. The van der Waals surface area contributed by atoms with E-state index in [4.69, 9.17) is 5.73 Å². The minimum Gasteiger partial charge on any atom is -0.393 e. The van der Waals surface area contributed by atoms with Crippen LogP contribution < -0.4 is 11.1 Å². The highest BCUT2D eigenvalue weighted by molar-refractivity contribution is 9.10. The van der Waals surface area contributed by atoms with Crippen LogP contribution in [0.2, 0.25) is 0 Å². The van der Waals surface area contributed by atoms with Crippen LogP contribution in [0.1, 0.15) is 20.3 Å². The molecule has 1 aromatic heterocycles. The fourth-order valence-corrected chi connectivity index (χ4v) is 1.61. The molecule has 0 amide bonds. The SMILES string of the molecule is CC(O)CC(C)Nc1ncnc(N)c1Br. The van der Waals surface area contributed by atoms with Crippen LogP contribution in [0, 0.1) is 0 Å². The summed E-state index contributed by atoms with van der Waals surface area (Å²) < 4.78 is 0.655. The summed E-state index contributed by atoms with van der Waals surface area (Å²) in [7, 11) is 0. The van der Waals surface area contributed by atoms with Gasteiger partial charge < -0.3 is 16.2 Å². The van der Waals surface area contributed by atoms with E-state index >= 15 is 0 Å². The lowest BCUT2D eigenvalue weighted by molar-refractivity contribution is 0.179. The van der Waals surface area contributed by atoms with E-state index in [0.29, 0.717) is 22.5 Å². The lowest BCUT2D eigenvalue weighted by atomic mass is 10.1. The summed E-state index contributed by atoms with van der Waals surface area (Å²) in [4.78, 5) is 7.89. The number of rotatable bonds is 4. The monoisotopic (exact) mass is 274 g/mol. The molecule has 5 nitrogen and oxygen atoms in total. The van der Waals surface area contributed by atoms with E-state index < -0.39 is 0 Å². The van der Waals surface area contributed by atoms with E-state index in [1.807, 2.05) is 6.92 Å². The van der Waals surface area contributed by atoms with Gasteiger partial charge in [-0.15, -0.1) is 0 Å². The predicted octanol–water partition coefficient (Wildman–Crippen LogP) is 1.39. The summed E-state index contributed by atoms with van der Waals surface area (Å²) in [6, 6.07) is 0.121. The number of aliphatic hydroxyl groups is 1. The quantitative estimate of drug-likeness (QED) is 0.773. The molecule has 1 rings (SSSR count). The molecule has 1 heterocycles. The van der Waals surface area contributed by atoms with Gasteiger partial charge >= 0.3 is 0 Å². The van der Waals surface area contributed by atoms with Gasteiger partial charge in [0.15, 0.2) is 0 Å². The van der Waals surface area contributed by atoms with Crippen LogP contribution in [-0.4, -0.2) is 27.2 Å². The van der Waals surface area contributed by atoms with Crippen LogP contribution in [0.5, 0.6) is 0 Å². The molecule has 0 aliphatic rings. The number of hydrogen-bond donors (Lipinski definition) is 3. The van der Waals surface area contributed by atoms with Crippen molar-refractivity contribution in [2.75, 3.05) is 11.1 Å². The van der Waals surface area contributed by atoms with Crippen LogP contribution in [-0.2, 0) is 0 Å². The minimum atomic E-state index is -0.342. The zero-order valence-corrected chi connectivity index (χ0v) is 10.3. The van der Waals surface area contributed by atoms with E-state index in [2.05, 4.69) is 31.2 Å². The standard InChI is InChI=1S/C9H15BrN4O/c1-5(3-6(2)15)14-9-7(10)8(11)12-4-13-9/h4-6,15H,3H2,1-2H3,(H3,11,12,13,14). The molecule has 0 saturated carbocycles. The van der Waals surface area contributed by atoms with Crippen molar-refractivity contribution < 1.29 is 5.11 Å². The Morgan fingerprint density at radius 1 is 1.53 bits per heavy atom. The number of aliphatic hydroxyl groups excluding tert-OH is 1.